The van der Waals surface area contributed by atoms with Gasteiger partial charge >= 0.3 is 6.18 Å². The molecule has 226 valence electrons. The summed E-state index contributed by atoms with van der Waals surface area (Å²) in [5, 5.41) is 2.20. The van der Waals surface area contributed by atoms with Crippen molar-refractivity contribution >= 4 is 39.1 Å². The lowest BCUT2D eigenvalue weighted by molar-refractivity contribution is -0.140. The lowest BCUT2D eigenvalue weighted by Crippen LogP contribution is -2.54. The molecule has 0 radical (unpaired) electrons. The maximum Gasteiger partial charge on any atom is 0.417 e. The highest BCUT2D eigenvalue weighted by Gasteiger charge is 2.37. The molecule has 3 rings (SSSR count). The molecule has 2 amide bonds. The number of amides is 2. The van der Waals surface area contributed by atoms with Crippen LogP contribution >= 0.6 is 11.6 Å². The van der Waals surface area contributed by atoms with E-state index in [0.29, 0.717) is 15.9 Å². The third-order valence-electron chi connectivity index (χ3n) is 6.42. The smallest absolute Gasteiger partial charge is 0.350 e. The summed E-state index contributed by atoms with van der Waals surface area (Å²) in [6.07, 6.45) is -4.88. The molecule has 0 aromatic heterocycles. The molecule has 1 atom stereocenters. The zero-order chi connectivity index (χ0) is 31.5. The van der Waals surface area contributed by atoms with Gasteiger partial charge in [0.05, 0.1) is 21.2 Å². The Balaban J connectivity index is 2.13. The molecular formula is C30H33ClF3N3O4S. The van der Waals surface area contributed by atoms with Crippen LogP contribution in [0.15, 0.2) is 77.7 Å². The molecule has 0 heterocycles. The van der Waals surface area contributed by atoms with Gasteiger partial charge in [-0.3, -0.25) is 13.9 Å². The summed E-state index contributed by atoms with van der Waals surface area (Å²) in [6.45, 7) is 7.75. The van der Waals surface area contributed by atoms with Crippen LogP contribution in [0.3, 0.4) is 0 Å². The van der Waals surface area contributed by atoms with Crippen LogP contribution in [-0.4, -0.2) is 43.3 Å². The number of halogens is 4. The van der Waals surface area contributed by atoms with Gasteiger partial charge < -0.3 is 10.2 Å². The van der Waals surface area contributed by atoms with E-state index in [4.69, 9.17) is 11.6 Å². The van der Waals surface area contributed by atoms with Gasteiger partial charge in [-0.05, 0) is 76.1 Å². The molecule has 42 heavy (non-hydrogen) atoms. The van der Waals surface area contributed by atoms with Crippen LogP contribution in [0.2, 0.25) is 5.02 Å². The zero-order valence-electron chi connectivity index (χ0n) is 23.9. The van der Waals surface area contributed by atoms with Gasteiger partial charge in [0.2, 0.25) is 11.8 Å². The third-order valence-corrected chi connectivity index (χ3v) is 8.54. The number of alkyl halides is 3. The van der Waals surface area contributed by atoms with E-state index in [1.807, 2.05) is 19.1 Å². The second kappa shape index (κ2) is 12.7. The maximum absolute atomic E-state index is 14.0. The highest BCUT2D eigenvalue weighted by molar-refractivity contribution is 7.92. The number of carbonyl (C=O) groups excluding carboxylic acids is 2. The lowest BCUT2D eigenvalue weighted by Gasteiger charge is -2.34. The van der Waals surface area contributed by atoms with E-state index in [9.17, 15) is 31.2 Å². The summed E-state index contributed by atoms with van der Waals surface area (Å²) in [7, 11) is -4.54. The first kappa shape index (κ1) is 32.9. The summed E-state index contributed by atoms with van der Waals surface area (Å²) in [6, 6.07) is 15.8. The predicted molar refractivity (Wildman–Crippen MR) is 157 cm³/mol. The van der Waals surface area contributed by atoms with E-state index in [-0.39, 0.29) is 11.4 Å². The summed E-state index contributed by atoms with van der Waals surface area (Å²) in [5.74, 6) is -1.27. The van der Waals surface area contributed by atoms with Gasteiger partial charge in [0.1, 0.15) is 12.6 Å². The van der Waals surface area contributed by atoms with E-state index in [2.05, 4.69) is 5.32 Å². The van der Waals surface area contributed by atoms with Crippen molar-refractivity contribution in [2.45, 2.75) is 63.8 Å². The minimum absolute atomic E-state index is 0.0438. The average molecular weight is 624 g/mol. The Bertz CT molecular complexity index is 1540. The van der Waals surface area contributed by atoms with Gasteiger partial charge in [-0.1, -0.05) is 54.1 Å². The van der Waals surface area contributed by atoms with Crippen molar-refractivity contribution in [1.29, 1.82) is 0 Å². The first-order valence-electron chi connectivity index (χ1n) is 13.0. The number of nitrogens with zero attached hydrogens (tertiary/aromatic N) is 2. The molecule has 12 heteroatoms. The fourth-order valence-corrected chi connectivity index (χ4v) is 5.81. The van der Waals surface area contributed by atoms with Crippen molar-refractivity contribution < 1.29 is 31.2 Å². The standard InChI is InChI=1S/C30H33ClF3N3O4S/c1-20-11-9-10-12-22(20)18-36(21(2)28(39)35-29(3,4)5)27(38)19-37(42(40,41)24-13-7-6-8-14-24)23-15-16-26(31)25(17-23)30(32,33)34/h6-17,21H,18-19H2,1-5H3,(H,35,39)/t21-/m1/s1. The molecule has 0 spiro atoms. The minimum Gasteiger partial charge on any atom is -0.350 e. The Morgan fingerprint density at radius 1 is 0.952 bits per heavy atom. The van der Waals surface area contributed by atoms with Crippen LogP contribution in [-0.2, 0) is 32.3 Å². The van der Waals surface area contributed by atoms with Crippen LogP contribution in [0, 0.1) is 6.92 Å². The number of carbonyl (C=O) groups is 2. The molecule has 0 bridgehead atoms. The fraction of sp³-hybridized carbons (Fsp3) is 0.333. The summed E-state index contributed by atoms with van der Waals surface area (Å²) < 4.78 is 69.4. The first-order chi connectivity index (χ1) is 19.4. The number of sulfonamides is 1. The molecule has 1 N–H and O–H groups in total. The number of hydrogen-bond donors (Lipinski definition) is 1. The van der Waals surface area contributed by atoms with Crippen molar-refractivity contribution in [1.82, 2.24) is 10.2 Å². The van der Waals surface area contributed by atoms with Crippen molar-refractivity contribution in [3.63, 3.8) is 0 Å². The maximum atomic E-state index is 14.0. The molecule has 0 saturated carbocycles. The van der Waals surface area contributed by atoms with E-state index < -0.39 is 62.4 Å². The van der Waals surface area contributed by atoms with E-state index >= 15 is 0 Å². The number of anilines is 1. The Morgan fingerprint density at radius 3 is 2.12 bits per heavy atom. The van der Waals surface area contributed by atoms with Crippen molar-refractivity contribution in [2.24, 2.45) is 0 Å². The van der Waals surface area contributed by atoms with Crippen LogP contribution in [0.5, 0.6) is 0 Å². The number of hydrogen-bond acceptors (Lipinski definition) is 4. The molecular weight excluding hydrogens is 591 g/mol. The Hall–Kier alpha value is -3.57. The quantitative estimate of drug-likeness (QED) is 0.308. The van der Waals surface area contributed by atoms with Gasteiger partial charge in [-0.25, -0.2) is 8.42 Å². The Labute approximate surface area is 249 Å². The normalized spacial score (nSPS) is 12.9. The van der Waals surface area contributed by atoms with E-state index in [0.717, 1.165) is 17.7 Å². The largest absolute Gasteiger partial charge is 0.417 e. The molecule has 0 unspecified atom stereocenters. The zero-order valence-corrected chi connectivity index (χ0v) is 25.4. The number of nitrogens with one attached hydrogen (secondary N) is 1. The monoisotopic (exact) mass is 623 g/mol. The lowest BCUT2D eigenvalue weighted by atomic mass is 10.1. The highest BCUT2D eigenvalue weighted by atomic mass is 35.5. The summed E-state index contributed by atoms with van der Waals surface area (Å²) >= 11 is 5.80. The Kier molecular flexibility index (Phi) is 10.00. The summed E-state index contributed by atoms with van der Waals surface area (Å²) in [4.78, 5) is 28.1. The van der Waals surface area contributed by atoms with E-state index in [1.165, 1.54) is 36.1 Å². The molecule has 0 aliphatic heterocycles. The molecule has 0 fully saturated rings. The number of aryl methyl sites for hydroxylation is 1. The number of rotatable bonds is 9. The van der Waals surface area contributed by atoms with Gasteiger partial charge in [0, 0.05) is 12.1 Å². The summed E-state index contributed by atoms with van der Waals surface area (Å²) in [5.41, 5.74) is -0.740. The number of benzene rings is 3. The molecule has 3 aromatic carbocycles. The molecule has 7 nitrogen and oxygen atoms in total. The molecule has 0 aliphatic carbocycles. The predicted octanol–water partition coefficient (Wildman–Crippen LogP) is 6.19. The van der Waals surface area contributed by atoms with Crippen LogP contribution in [0.4, 0.5) is 18.9 Å². The molecule has 0 aliphatic rings. The van der Waals surface area contributed by atoms with Gasteiger partial charge in [0.15, 0.2) is 0 Å². The minimum atomic E-state index is -4.88. The average Bonchev–Trinajstić information content (AvgIpc) is 2.90. The van der Waals surface area contributed by atoms with Crippen LogP contribution < -0.4 is 9.62 Å². The van der Waals surface area contributed by atoms with Gasteiger partial charge in [-0.15, -0.1) is 0 Å². The van der Waals surface area contributed by atoms with Crippen molar-refractivity contribution in [2.75, 3.05) is 10.8 Å². The van der Waals surface area contributed by atoms with E-state index in [1.54, 1.807) is 39.0 Å². The molecule has 3 aromatic rings. The first-order valence-corrected chi connectivity index (χ1v) is 14.8. The van der Waals surface area contributed by atoms with Gasteiger partial charge in [0.25, 0.3) is 10.0 Å². The Morgan fingerprint density at radius 2 is 1.55 bits per heavy atom. The van der Waals surface area contributed by atoms with Crippen LogP contribution in [0.25, 0.3) is 0 Å². The second-order valence-corrected chi connectivity index (χ2v) is 13.1. The van der Waals surface area contributed by atoms with Crippen LogP contribution in [0.1, 0.15) is 44.4 Å². The topological polar surface area (TPSA) is 86.8 Å². The second-order valence-electron chi connectivity index (χ2n) is 10.8. The SMILES string of the molecule is Cc1ccccc1CN(C(=O)CN(c1ccc(Cl)c(C(F)(F)F)c1)S(=O)(=O)c1ccccc1)[C@H](C)C(=O)NC(C)(C)C. The van der Waals surface area contributed by atoms with Crippen molar-refractivity contribution in [3.05, 3.63) is 94.5 Å². The molecule has 0 saturated heterocycles. The van der Waals surface area contributed by atoms with Gasteiger partial charge in [-0.2, -0.15) is 13.2 Å². The van der Waals surface area contributed by atoms with Crippen molar-refractivity contribution in [3.8, 4) is 0 Å². The fourth-order valence-electron chi connectivity index (χ4n) is 4.16. The third kappa shape index (κ3) is 8.04. The highest BCUT2D eigenvalue weighted by Crippen LogP contribution is 2.38.